The van der Waals surface area contributed by atoms with E-state index in [1.54, 1.807) is 28.8 Å². The van der Waals surface area contributed by atoms with Gasteiger partial charge in [0, 0.05) is 29.2 Å². The molecular weight excluding hydrogens is 398 g/mol. The second-order valence-electron chi connectivity index (χ2n) is 5.62. The van der Waals surface area contributed by atoms with Crippen LogP contribution in [0.15, 0.2) is 45.9 Å². The highest BCUT2D eigenvalue weighted by Gasteiger charge is 2.33. The Bertz CT molecular complexity index is 914. The van der Waals surface area contributed by atoms with Crippen LogP contribution in [-0.2, 0) is 25.9 Å². The number of nitrogens with zero attached hydrogens (tertiary/aromatic N) is 1. The highest BCUT2D eigenvalue weighted by Crippen LogP contribution is 2.32. The van der Waals surface area contributed by atoms with Crippen molar-refractivity contribution in [2.24, 2.45) is 0 Å². The SMILES string of the molecule is CS(=O)(=O)c1cc2n(c1)CCC2C(=O)OC(=O)c1ccc(Br)cc1. The maximum absolute atomic E-state index is 12.3. The van der Waals surface area contributed by atoms with Crippen LogP contribution in [0.3, 0.4) is 0 Å². The van der Waals surface area contributed by atoms with Crippen molar-refractivity contribution in [2.75, 3.05) is 6.26 Å². The third-order valence-electron chi connectivity index (χ3n) is 3.91. The lowest BCUT2D eigenvalue weighted by atomic mass is 10.1. The van der Waals surface area contributed by atoms with Gasteiger partial charge in [-0.2, -0.15) is 0 Å². The summed E-state index contributed by atoms with van der Waals surface area (Å²) in [5.74, 6) is -2.03. The van der Waals surface area contributed by atoms with Gasteiger partial charge in [0.15, 0.2) is 9.84 Å². The summed E-state index contributed by atoms with van der Waals surface area (Å²) in [5.41, 5.74) is 0.834. The minimum absolute atomic E-state index is 0.161. The number of fused-ring (bicyclic) bond motifs is 1. The standard InChI is InChI=1S/C16H14BrNO5S/c1-24(21,22)12-8-14-13(6-7-18(14)9-12)16(20)23-15(19)10-2-4-11(17)5-3-10/h2-5,8-9,13H,6-7H2,1H3. The number of sulfone groups is 1. The number of rotatable bonds is 3. The summed E-state index contributed by atoms with van der Waals surface area (Å²) < 4.78 is 30.7. The van der Waals surface area contributed by atoms with E-state index in [0.29, 0.717) is 18.7 Å². The van der Waals surface area contributed by atoms with Crippen molar-refractivity contribution < 1.29 is 22.7 Å². The summed E-state index contributed by atoms with van der Waals surface area (Å²) in [4.78, 5) is 24.5. The molecule has 1 aliphatic heterocycles. The van der Waals surface area contributed by atoms with Gasteiger partial charge in [-0.05, 0) is 36.8 Å². The molecule has 0 aliphatic carbocycles. The summed E-state index contributed by atoms with van der Waals surface area (Å²) in [5, 5.41) is 0. The zero-order valence-corrected chi connectivity index (χ0v) is 15.1. The highest BCUT2D eigenvalue weighted by molar-refractivity contribution is 9.10. The van der Waals surface area contributed by atoms with Gasteiger partial charge in [0.2, 0.25) is 0 Å². The summed E-state index contributed by atoms with van der Waals surface area (Å²) in [6.45, 7) is 0.511. The fourth-order valence-electron chi connectivity index (χ4n) is 2.65. The van der Waals surface area contributed by atoms with Crippen molar-refractivity contribution in [1.29, 1.82) is 0 Å². The molecule has 2 aromatic rings. The normalized spacial score (nSPS) is 16.7. The maximum Gasteiger partial charge on any atom is 0.345 e. The van der Waals surface area contributed by atoms with E-state index in [9.17, 15) is 18.0 Å². The lowest BCUT2D eigenvalue weighted by Crippen LogP contribution is -2.18. The van der Waals surface area contributed by atoms with Crippen LogP contribution in [0.25, 0.3) is 0 Å². The lowest BCUT2D eigenvalue weighted by molar-refractivity contribution is -0.139. The molecule has 2 heterocycles. The monoisotopic (exact) mass is 411 g/mol. The fourth-order valence-corrected chi connectivity index (χ4v) is 3.57. The van der Waals surface area contributed by atoms with Gasteiger partial charge in [-0.15, -0.1) is 0 Å². The molecule has 1 unspecified atom stereocenters. The molecule has 0 saturated heterocycles. The lowest BCUT2D eigenvalue weighted by Gasteiger charge is -2.08. The summed E-state index contributed by atoms with van der Waals surface area (Å²) in [7, 11) is -3.34. The van der Waals surface area contributed by atoms with Crippen molar-refractivity contribution in [3.63, 3.8) is 0 Å². The largest absolute Gasteiger partial charge is 0.389 e. The molecule has 1 aliphatic rings. The predicted molar refractivity (Wildman–Crippen MR) is 89.5 cm³/mol. The first-order chi connectivity index (χ1) is 11.3. The smallest absolute Gasteiger partial charge is 0.345 e. The number of carbonyl (C=O) groups is 2. The maximum atomic E-state index is 12.3. The first-order valence-corrected chi connectivity index (χ1v) is 9.86. The number of esters is 2. The number of aryl methyl sites for hydroxylation is 1. The van der Waals surface area contributed by atoms with E-state index in [-0.39, 0.29) is 10.5 Å². The van der Waals surface area contributed by atoms with Crippen LogP contribution in [0.1, 0.15) is 28.4 Å². The van der Waals surface area contributed by atoms with Crippen molar-refractivity contribution >= 4 is 37.7 Å². The molecular formula is C16H14BrNO5S. The zero-order chi connectivity index (χ0) is 17.5. The molecule has 126 valence electrons. The summed E-state index contributed by atoms with van der Waals surface area (Å²) in [6, 6.07) is 7.94. The van der Waals surface area contributed by atoms with Gasteiger partial charge in [0.25, 0.3) is 0 Å². The second kappa shape index (κ2) is 6.18. The van der Waals surface area contributed by atoms with Crippen LogP contribution < -0.4 is 0 Å². The number of ether oxygens (including phenoxy) is 1. The van der Waals surface area contributed by atoms with Gasteiger partial charge < -0.3 is 9.30 Å². The van der Waals surface area contributed by atoms with Crippen LogP contribution in [0.5, 0.6) is 0 Å². The molecule has 1 aromatic heterocycles. The molecule has 0 radical (unpaired) electrons. The molecule has 0 spiro atoms. The van der Waals surface area contributed by atoms with Gasteiger partial charge in [-0.3, -0.25) is 4.79 Å². The summed E-state index contributed by atoms with van der Waals surface area (Å²) >= 11 is 3.26. The van der Waals surface area contributed by atoms with Crippen LogP contribution in [0, 0.1) is 0 Å². The van der Waals surface area contributed by atoms with Crippen molar-refractivity contribution in [3.8, 4) is 0 Å². The number of aromatic nitrogens is 1. The van der Waals surface area contributed by atoms with Crippen LogP contribution >= 0.6 is 15.9 Å². The van der Waals surface area contributed by atoms with Crippen molar-refractivity contribution in [3.05, 3.63) is 52.3 Å². The molecule has 8 heteroatoms. The Kier molecular flexibility index (Phi) is 4.35. The predicted octanol–water partition coefficient (Wildman–Crippen LogP) is 2.53. The molecule has 3 rings (SSSR count). The molecule has 0 N–H and O–H groups in total. The molecule has 0 bridgehead atoms. The Balaban J connectivity index is 1.77. The Labute approximate surface area is 147 Å². The van der Waals surface area contributed by atoms with Gasteiger partial charge in [0.05, 0.1) is 16.4 Å². The third kappa shape index (κ3) is 3.29. The van der Waals surface area contributed by atoms with E-state index in [4.69, 9.17) is 4.74 Å². The van der Waals surface area contributed by atoms with E-state index in [1.165, 1.54) is 12.3 Å². The van der Waals surface area contributed by atoms with E-state index in [1.807, 2.05) is 0 Å². The summed E-state index contributed by atoms with van der Waals surface area (Å²) in [6.07, 6.45) is 3.10. The molecule has 24 heavy (non-hydrogen) atoms. The Hall–Kier alpha value is -1.93. The number of carbonyl (C=O) groups excluding carboxylic acids is 2. The number of hydrogen-bond acceptors (Lipinski definition) is 5. The quantitative estimate of drug-likeness (QED) is 0.572. The molecule has 0 amide bonds. The first kappa shape index (κ1) is 16.9. The Morgan fingerprint density at radius 3 is 2.54 bits per heavy atom. The first-order valence-electron chi connectivity index (χ1n) is 7.17. The number of halogens is 1. The van der Waals surface area contributed by atoms with Gasteiger partial charge >= 0.3 is 11.9 Å². The molecule has 1 aromatic carbocycles. The average molecular weight is 412 g/mol. The van der Waals surface area contributed by atoms with Gasteiger partial charge in [-0.25, -0.2) is 13.2 Å². The van der Waals surface area contributed by atoms with Crippen molar-refractivity contribution in [2.45, 2.75) is 23.8 Å². The van der Waals surface area contributed by atoms with Crippen molar-refractivity contribution in [1.82, 2.24) is 4.57 Å². The van der Waals surface area contributed by atoms with Crippen LogP contribution in [0.4, 0.5) is 0 Å². The minimum Gasteiger partial charge on any atom is -0.389 e. The molecule has 6 nitrogen and oxygen atoms in total. The minimum atomic E-state index is -3.34. The molecule has 1 atom stereocenters. The number of hydrogen-bond donors (Lipinski definition) is 0. The number of benzene rings is 1. The topological polar surface area (TPSA) is 82.4 Å². The molecule has 0 saturated carbocycles. The Morgan fingerprint density at radius 1 is 1.25 bits per heavy atom. The van der Waals surface area contributed by atoms with E-state index in [0.717, 1.165) is 10.7 Å². The third-order valence-corrected chi connectivity index (χ3v) is 5.51. The van der Waals surface area contributed by atoms with E-state index >= 15 is 0 Å². The van der Waals surface area contributed by atoms with E-state index in [2.05, 4.69) is 15.9 Å². The molecule has 0 fully saturated rings. The van der Waals surface area contributed by atoms with Crippen LogP contribution in [0.2, 0.25) is 0 Å². The zero-order valence-electron chi connectivity index (χ0n) is 12.7. The second-order valence-corrected chi connectivity index (χ2v) is 8.55. The van der Waals surface area contributed by atoms with Gasteiger partial charge in [-0.1, -0.05) is 15.9 Å². The van der Waals surface area contributed by atoms with E-state index < -0.39 is 27.7 Å². The highest BCUT2D eigenvalue weighted by atomic mass is 79.9. The fraction of sp³-hybridized carbons (Fsp3) is 0.250. The average Bonchev–Trinajstić information content (AvgIpc) is 3.07. The van der Waals surface area contributed by atoms with Gasteiger partial charge in [0.1, 0.15) is 0 Å². The Morgan fingerprint density at radius 2 is 1.92 bits per heavy atom. The van der Waals surface area contributed by atoms with Crippen LogP contribution in [-0.4, -0.2) is 31.2 Å².